The summed E-state index contributed by atoms with van der Waals surface area (Å²) in [4.78, 5) is 5.46. The summed E-state index contributed by atoms with van der Waals surface area (Å²) in [5, 5.41) is 10.9. The number of hydrogen-bond acceptors (Lipinski definition) is 4. The summed E-state index contributed by atoms with van der Waals surface area (Å²) < 4.78 is 5.63. The van der Waals surface area contributed by atoms with Gasteiger partial charge < -0.3 is 9.84 Å². The van der Waals surface area contributed by atoms with Crippen LogP contribution in [0.2, 0.25) is 5.02 Å². The zero-order valence-electron chi connectivity index (χ0n) is 10.7. The maximum Gasteiger partial charge on any atom is 0.120 e. The van der Waals surface area contributed by atoms with Crippen molar-refractivity contribution >= 4 is 22.9 Å². The molecule has 2 rings (SSSR count). The van der Waals surface area contributed by atoms with Crippen molar-refractivity contribution in [3.63, 3.8) is 0 Å². The van der Waals surface area contributed by atoms with Crippen LogP contribution in [0, 0.1) is 0 Å². The summed E-state index contributed by atoms with van der Waals surface area (Å²) in [5.74, 6) is 0.766. The number of aryl methyl sites for hydroxylation is 1. The van der Waals surface area contributed by atoms with E-state index >= 15 is 0 Å². The summed E-state index contributed by atoms with van der Waals surface area (Å²) in [6.45, 7) is 2.67. The highest BCUT2D eigenvalue weighted by molar-refractivity contribution is 7.11. The van der Waals surface area contributed by atoms with E-state index < -0.39 is 0 Å². The summed E-state index contributed by atoms with van der Waals surface area (Å²) in [5.41, 5.74) is 0.991. The van der Waals surface area contributed by atoms with E-state index in [-0.39, 0.29) is 6.61 Å². The molecule has 0 bridgehead atoms. The quantitative estimate of drug-likeness (QED) is 0.888. The van der Waals surface area contributed by atoms with Gasteiger partial charge in [0.05, 0.1) is 28.8 Å². The van der Waals surface area contributed by atoms with Crippen LogP contribution in [0.1, 0.15) is 22.5 Å². The van der Waals surface area contributed by atoms with Crippen LogP contribution in [0.4, 0.5) is 0 Å². The van der Waals surface area contributed by atoms with Gasteiger partial charge in [-0.15, -0.1) is 11.3 Å². The van der Waals surface area contributed by atoms with E-state index in [0.717, 1.165) is 34.2 Å². The predicted octanol–water partition coefficient (Wildman–Crippen LogP) is 3.47. The molecule has 2 aromatic rings. The van der Waals surface area contributed by atoms with Gasteiger partial charge in [0.2, 0.25) is 0 Å². The molecule has 1 aromatic heterocycles. The average Bonchev–Trinajstić information content (AvgIpc) is 2.81. The Labute approximate surface area is 121 Å². The van der Waals surface area contributed by atoms with Gasteiger partial charge in [-0.25, -0.2) is 4.98 Å². The molecule has 0 fully saturated rings. The minimum atomic E-state index is 0.0655. The van der Waals surface area contributed by atoms with Crippen LogP contribution in [0.25, 0.3) is 0 Å². The summed E-state index contributed by atoms with van der Waals surface area (Å²) in [7, 11) is 0. The molecule has 1 N–H and O–H groups in total. The second-order valence-corrected chi connectivity index (χ2v) is 5.65. The maximum atomic E-state index is 9.22. The van der Waals surface area contributed by atoms with Gasteiger partial charge in [0.15, 0.2) is 0 Å². The minimum absolute atomic E-state index is 0.0655. The lowest BCUT2D eigenvalue weighted by molar-refractivity contribution is 0.284. The SMILES string of the molecule is CCc1nc(CCOc2cccc(Cl)c2)sc1CO. The largest absolute Gasteiger partial charge is 0.493 e. The first-order valence-electron chi connectivity index (χ1n) is 6.19. The Bertz CT molecular complexity index is 520. The van der Waals surface area contributed by atoms with Gasteiger partial charge >= 0.3 is 0 Å². The molecule has 0 saturated carbocycles. The molecule has 0 unspecified atom stereocenters. The number of aromatic nitrogens is 1. The van der Waals surface area contributed by atoms with Crippen molar-refractivity contribution < 1.29 is 9.84 Å². The van der Waals surface area contributed by atoms with Crippen molar-refractivity contribution in [2.24, 2.45) is 0 Å². The van der Waals surface area contributed by atoms with Crippen molar-refractivity contribution in [1.82, 2.24) is 4.98 Å². The van der Waals surface area contributed by atoms with E-state index in [1.807, 2.05) is 25.1 Å². The number of hydrogen-bond donors (Lipinski definition) is 1. The molecule has 0 aliphatic rings. The van der Waals surface area contributed by atoms with Crippen LogP contribution in [0.3, 0.4) is 0 Å². The first-order valence-corrected chi connectivity index (χ1v) is 7.39. The van der Waals surface area contributed by atoms with Crippen LogP contribution in [0.5, 0.6) is 5.75 Å². The molecule has 0 radical (unpaired) electrons. The van der Waals surface area contributed by atoms with Crippen molar-refractivity contribution in [3.05, 3.63) is 44.9 Å². The number of ether oxygens (including phenoxy) is 1. The van der Waals surface area contributed by atoms with Crippen molar-refractivity contribution in [1.29, 1.82) is 0 Å². The van der Waals surface area contributed by atoms with E-state index in [1.165, 1.54) is 0 Å². The molecule has 0 aliphatic carbocycles. The number of aliphatic hydroxyl groups is 1. The van der Waals surface area contributed by atoms with Gasteiger partial charge in [-0.3, -0.25) is 0 Å². The summed E-state index contributed by atoms with van der Waals surface area (Å²) in [6.07, 6.45) is 1.59. The molecular weight excluding hydrogens is 282 g/mol. The second-order valence-electron chi connectivity index (χ2n) is 4.04. The highest BCUT2D eigenvalue weighted by Gasteiger charge is 2.08. The van der Waals surface area contributed by atoms with Crippen molar-refractivity contribution in [3.8, 4) is 5.75 Å². The van der Waals surface area contributed by atoms with Gasteiger partial charge in [-0.1, -0.05) is 24.6 Å². The average molecular weight is 298 g/mol. The van der Waals surface area contributed by atoms with Gasteiger partial charge in [0.25, 0.3) is 0 Å². The van der Waals surface area contributed by atoms with Crippen LogP contribution < -0.4 is 4.74 Å². The first kappa shape index (κ1) is 14.3. The fraction of sp³-hybridized carbons (Fsp3) is 0.357. The highest BCUT2D eigenvalue weighted by atomic mass is 35.5. The Balaban J connectivity index is 1.90. The van der Waals surface area contributed by atoms with E-state index in [1.54, 1.807) is 17.4 Å². The highest BCUT2D eigenvalue weighted by Crippen LogP contribution is 2.21. The third-order valence-electron chi connectivity index (χ3n) is 2.68. The molecule has 5 heteroatoms. The van der Waals surface area contributed by atoms with E-state index in [0.29, 0.717) is 11.6 Å². The van der Waals surface area contributed by atoms with Crippen LogP contribution in [-0.4, -0.2) is 16.7 Å². The Kier molecular flexibility index (Phi) is 5.19. The number of aliphatic hydroxyl groups excluding tert-OH is 1. The fourth-order valence-electron chi connectivity index (χ4n) is 1.76. The molecule has 1 heterocycles. The molecule has 19 heavy (non-hydrogen) atoms. The Morgan fingerprint density at radius 1 is 1.42 bits per heavy atom. The lowest BCUT2D eigenvalue weighted by Crippen LogP contribution is -2.01. The third kappa shape index (κ3) is 3.93. The number of thiazole rings is 1. The summed E-state index contributed by atoms with van der Waals surface area (Å²) in [6, 6.07) is 7.35. The fourth-order valence-corrected chi connectivity index (χ4v) is 2.93. The second kappa shape index (κ2) is 6.89. The molecule has 0 spiro atoms. The number of nitrogens with zero attached hydrogens (tertiary/aromatic N) is 1. The predicted molar refractivity (Wildman–Crippen MR) is 78.1 cm³/mol. The normalized spacial score (nSPS) is 10.7. The molecule has 0 saturated heterocycles. The molecule has 0 amide bonds. The minimum Gasteiger partial charge on any atom is -0.493 e. The number of benzene rings is 1. The van der Waals surface area contributed by atoms with Crippen LogP contribution in [0.15, 0.2) is 24.3 Å². The van der Waals surface area contributed by atoms with Gasteiger partial charge in [0, 0.05) is 11.4 Å². The van der Waals surface area contributed by atoms with E-state index in [9.17, 15) is 5.11 Å². The standard InChI is InChI=1S/C14H16ClNO2S/c1-2-12-13(9-17)19-14(16-12)6-7-18-11-5-3-4-10(15)8-11/h3-5,8,17H,2,6-7,9H2,1H3. The lowest BCUT2D eigenvalue weighted by atomic mass is 10.3. The molecular formula is C14H16ClNO2S. The Morgan fingerprint density at radius 3 is 2.89 bits per heavy atom. The zero-order chi connectivity index (χ0) is 13.7. The van der Waals surface area contributed by atoms with Gasteiger partial charge in [-0.05, 0) is 24.6 Å². The number of halogens is 1. The maximum absolute atomic E-state index is 9.22. The third-order valence-corrected chi connectivity index (χ3v) is 4.06. The topological polar surface area (TPSA) is 42.4 Å². The van der Waals surface area contributed by atoms with Crippen LogP contribution >= 0.6 is 22.9 Å². The van der Waals surface area contributed by atoms with Crippen molar-refractivity contribution in [2.45, 2.75) is 26.4 Å². The summed E-state index contributed by atoms with van der Waals surface area (Å²) >= 11 is 7.44. The van der Waals surface area contributed by atoms with E-state index in [2.05, 4.69) is 4.98 Å². The lowest BCUT2D eigenvalue weighted by Gasteiger charge is -2.04. The molecule has 102 valence electrons. The van der Waals surface area contributed by atoms with Crippen molar-refractivity contribution in [2.75, 3.05) is 6.61 Å². The van der Waals surface area contributed by atoms with Gasteiger partial charge in [-0.2, -0.15) is 0 Å². The molecule has 3 nitrogen and oxygen atoms in total. The Hall–Kier alpha value is -1.10. The number of rotatable bonds is 6. The van der Waals surface area contributed by atoms with E-state index in [4.69, 9.17) is 16.3 Å². The molecule has 1 aromatic carbocycles. The van der Waals surface area contributed by atoms with Gasteiger partial charge in [0.1, 0.15) is 5.75 Å². The van der Waals surface area contributed by atoms with Crippen LogP contribution in [-0.2, 0) is 19.4 Å². The smallest absolute Gasteiger partial charge is 0.120 e. The molecule has 0 aliphatic heterocycles. The zero-order valence-corrected chi connectivity index (χ0v) is 12.3. The molecule has 0 atom stereocenters. The Morgan fingerprint density at radius 2 is 2.26 bits per heavy atom. The first-order chi connectivity index (χ1) is 9.22. The monoisotopic (exact) mass is 297 g/mol.